The number of carbonyl (C=O) groups excluding carboxylic acids is 3. The van der Waals surface area contributed by atoms with Crippen molar-refractivity contribution in [2.75, 3.05) is 6.54 Å². The molecule has 8 heteroatoms. The van der Waals surface area contributed by atoms with Crippen LogP contribution in [-0.4, -0.2) is 51.4 Å². The molecule has 27 heavy (non-hydrogen) atoms. The van der Waals surface area contributed by atoms with Gasteiger partial charge in [0.05, 0.1) is 6.04 Å². The summed E-state index contributed by atoms with van der Waals surface area (Å²) in [7, 11) is 0. The Morgan fingerprint density at radius 3 is 2.52 bits per heavy atom. The molecule has 4 amide bonds. The van der Waals surface area contributed by atoms with Crippen molar-refractivity contribution in [1.82, 2.24) is 15.0 Å². The molecular formula is C19H26N4O4. The van der Waals surface area contributed by atoms with Gasteiger partial charge in [-0.15, -0.1) is 0 Å². The first kappa shape index (κ1) is 19.3. The molecule has 2 N–H and O–H groups in total. The first-order chi connectivity index (χ1) is 12.7. The molecule has 1 aromatic rings. The molecule has 3 rings (SSSR count). The first-order valence-corrected chi connectivity index (χ1v) is 9.10. The molecule has 146 valence electrons. The van der Waals surface area contributed by atoms with Crippen molar-refractivity contribution in [2.24, 2.45) is 11.3 Å². The third kappa shape index (κ3) is 3.81. The van der Waals surface area contributed by atoms with Crippen LogP contribution in [0.2, 0.25) is 0 Å². The van der Waals surface area contributed by atoms with Gasteiger partial charge >= 0.3 is 6.03 Å². The number of fused-ring (bicyclic) bond motifs is 2. The Morgan fingerprint density at radius 2 is 1.89 bits per heavy atom. The summed E-state index contributed by atoms with van der Waals surface area (Å²) in [5.41, 5.74) is 0.180. The predicted octanol–water partition coefficient (Wildman–Crippen LogP) is 1.66. The van der Waals surface area contributed by atoms with Crippen LogP contribution < -0.4 is 5.84 Å². The molecule has 2 fully saturated rings. The highest BCUT2D eigenvalue weighted by Crippen LogP contribution is 2.31. The number of nitrogens with zero attached hydrogens (tertiary/aromatic N) is 3. The quantitative estimate of drug-likeness (QED) is 0.491. The third-order valence-electron chi connectivity index (χ3n) is 4.92. The maximum Gasteiger partial charge on any atom is 0.345 e. The number of hydrogen-bond donors (Lipinski definition) is 1. The zero-order chi connectivity index (χ0) is 19.8. The van der Waals surface area contributed by atoms with Gasteiger partial charge in [-0.05, 0) is 18.4 Å². The minimum Gasteiger partial charge on any atom is -0.309 e. The Morgan fingerprint density at radius 1 is 1.22 bits per heavy atom. The first-order valence-electron chi connectivity index (χ1n) is 9.10. The zero-order valence-electron chi connectivity index (χ0n) is 15.9. The van der Waals surface area contributed by atoms with Crippen LogP contribution in [0.4, 0.5) is 4.79 Å². The summed E-state index contributed by atoms with van der Waals surface area (Å²) in [6.07, 6.45) is 1.07. The van der Waals surface area contributed by atoms with Crippen molar-refractivity contribution in [2.45, 2.75) is 52.3 Å². The standard InChI is InChI=1S/C19H26N4O4/c1-19(2,3)17(25)22(20)16(24)15-10-9-14-11-21(15)18(26)23(14)27-12-13-7-5-4-6-8-13/h4-8,14-15H,9-12,20H2,1-3H3/t14-,15+/m1/s1. The van der Waals surface area contributed by atoms with E-state index in [9.17, 15) is 14.4 Å². The largest absolute Gasteiger partial charge is 0.345 e. The predicted molar refractivity (Wildman–Crippen MR) is 97.5 cm³/mol. The van der Waals surface area contributed by atoms with Crippen molar-refractivity contribution in [1.29, 1.82) is 0 Å². The Hall–Kier alpha value is -2.45. The number of carbonyl (C=O) groups is 3. The molecule has 2 aliphatic rings. The highest BCUT2D eigenvalue weighted by Gasteiger charge is 2.49. The van der Waals surface area contributed by atoms with E-state index in [1.54, 1.807) is 20.8 Å². The Bertz CT molecular complexity index is 731. The van der Waals surface area contributed by atoms with Crippen LogP contribution in [0, 0.1) is 5.41 Å². The number of amides is 4. The zero-order valence-corrected chi connectivity index (χ0v) is 15.9. The molecule has 0 saturated carbocycles. The van der Waals surface area contributed by atoms with Crippen LogP contribution >= 0.6 is 0 Å². The summed E-state index contributed by atoms with van der Waals surface area (Å²) in [4.78, 5) is 45.0. The Balaban J connectivity index is 1.67. The number of rotatable bonds is 4. The lowest BCUT2D eigenvalue weighted by Crippen LogP contribution is -2.57. The average Bonchev–Trinajstić information content (AvgIpc) is 2.89. The Labute approximate surface area is 158 Å². The maximum absolute atomic E-state index is 12.7. The van der Waals surface area contributed by atoms with Gasteiger partial charge in [0.15, 0.2) is 0 Å². The van der Waals surface area contributed by atoms with Crippen LogP contribution in [0.3, 0.4) is 0 Å². The molecule has 2 atom stereocenters. The number of imide groups is 1. The molecule has 0 aliphatic carbocycles. The monoisotopic (exact) mass is 374 g/mol. The number of nitrogens with two attached hydrogens (primary N) is 1. The number of hydroxylamine groups is 2. The SMILES string of the molecule is CC(C)(C)C(=O)N(N)C(=O)[C@@H]1CC[C@@H]2CN1C(=O)N2OCc1ccccc1. The van der Waals surface area contributed by atoms with Gasteiger partial charge < -0.3 is 4.90 Å². The smallest absolute Gasteiger partial charge is 0.309 e. The molecule has 0 radical (unpaired) electrons. The number of hydrogen-bond acceptors (Lipinski definition) is 5. The summed E-state index contributed by atoms with van der Waals surface area (Å²) in [5.74, 6) is 4.75. The van der Waals surface area contributed by atoms with Gasteiger partial charge in [-0.3, -0.25) is 14.4 Å². The normalized spacial score (nSPS) is 22.1. The number of benzene rings is 1. The van der Waals surface area contributed by atoms with E-state index in [1.807, 2.05) is 30.3 Å². The van der Waals surface area contributed by atoms with Crippen LogP contribution in [-0.2, 0) is 21.0 Å². The fourth-order valence-corrected chi connectivity index (χ4v) is 3.39. The summed E-state index contributed by atoms with van der Waals surface area (Å²) in [6.45, 7) is 5.75. The molecule has 1 aromatic carbocycles. The second kappa shape index (κ2) is 7.28. The lowest BCUT2D eigenvalue weighted by Gasteiger charge is -2.33. The van der Waals surface area contributed by atoms with E-state index in [4.69, 9.17) is 10.7 Å². The minimum atomic E-state index is -0.776. The van der Waals surface area contributed by atoms with Crippen LogP contribution in [0.15, 0.2) is 30.3 Å². The molecule has 2 heterocycles. The highest BCUT2D eigenvalue weighted by molar-refractivity contribution is 6.00. The number of urea groups is 1. The fraction of sp³-hybridized carbons (Fsp3) is 0.526. The van der Waals surface area contributed by atoms with Crippen molar-refractivity contribution >= 4 is 17.8 Å². The number of piperidine rings is 1. The lowest BCUT2D eigenvalue weighted by molar-refractivity contribution is -0.153. The van der Waals surface area contributed by atoms with E-state index in [0.29, 0.717) is 24.4 Å². The van der Waals surface area contributed by atoms with E-state index < -0.39 is 23.3 Å². The molecule has 0 aromatic heterocycles. The average molecular weight is 374 g/mol. The lowest BCUT2D eigenvalue weighted by atomic mass is 9.94. The molecule has 2 aliphatic heterocycles. The van der Waals surface area contributed by atoms with Gasteiger partial charge in [-0.25, -0.2) is 15.6 Å². The summed E-state index contributed by atoms with van der Waals surface area (Å²) >= 11 is 0. The van der Waals surface area contributed by atoms with Gasteiger partial charge in [0, 0.05) is 12.0 Å². The van der Waals surface area contributed by atoms with Crippen molar-refractivity contribution in [3.63, 3.8) is 0 Å². The summed E-state index contributed by atoms with van der Waals surface area (Å²) < 4.78 is 0. The Kier molecular flexibility index (Phi) is 5.21. The second-order valence-electron chi connectivity index (χ2n) is 8.03. The van der Waals surface area contributed by atoms with E-state index in [-0.39, 0.29) is 18.7 Å². The van der Waals surface area contributed by atoms with Crippen LogP contribution in [0.1, 0.15) is 39.2 Å². The highest BCUT2D eigenvalue weighted by atomic mass is 16.7. The molecule has 2 bridgehead atoms. The molecule has 0 spiro atoms. The second-order valence-corrected chi connectivity index (χ2v) is 8.03. The summed E-state index contributed by atoms with van der Waals surface area (Å²) in [5, 5.41) is 2.01. The van der Waals surface area contributed by atoms with Gasteiger partial charge in [0.25, 0.3) is 5.91 Å². The topological polar surface area (TPSA) is 96.2 Å². The molecular weight excluding hydrogens is 348 g/mol. The van der Waals surface area contributed by atoms with E-state index in [1.165, 1.54) is 9.96 Å². The van der Waals surface area contributed by atoms with E-state index >= 15 is 0 Å². The third-order valence-corrected chi connectivity index (χ3v) is 4.92. The fourth-order valence-electron chi connectivity index (χ4n) is 3.39. The van der Waals surface area contributed by atoms with Crippen LogP contribution in [0.25, 0.3) is 0 Å². The van der Waals surface area contributed by atoms with E-state index in [2.05, 4.69) is 0 Å². The van der Waals surface area contributed by atoms with E-state index in [0.717, 1.165) is 5.56 Å². The van der Waals surface area contributed by atoms with Gasteiger partial charge in [-0.1, -0.05) is 51.1 Å². The minimum absolute atomic E-state index is 0.102. The summed E-state index contributed by atoms with van der Waals surface area (Å²) in [6, 6.07) is 8.37. The van der Waals surface area contributed by atoms with Crippen LogP contribution in [0.5, 0.6) is 0 Å². The molecule has 2 saturated heterocycles. The molecule has 0 unspecified atom stereocenters. The van der Waals surface area contributed by atoms with Gasteiger partial charge in [0.2, 0.25) is 5.91 Å². The number of hydrazine groups is 1. The van der Waals surface area contributed by atoms with Gasteiger partial charge in [0.1, 0.15) is 12.6 Å². The molecule has 8 nitrogen and oxygen atoms in total. The van der Waals surface area contributed by atoms with Gasteiger partial charge in [-0.2, -0.15) is 5.06 Å². The van der Waals surface area contributed by atoms with Crippen molar-refractivity contribution in [3.8, 4) is 0 Å². The maximum atomic E-state index is 12.7. The van der Waals surface area contributed by atoms with Crippen molar-refractivity contribution < 1.29 is 19.2 Å². The van der Waals surface area contributed by atoms with Crippen molar-refractivity contribution in [3.05, 3.63) is 35.9 Å².